The Morgan fingerprint density at radius 1 is 0.921 bits per heavy atom. The summed E-state index contributed by atoms with van der Waals surface area (Å²) in [5, 5.41) is -0.00641. The third-order valence-electron chi connectivity index (χ3n) is 6.90. The Labute approximate surface area is 227 Å². The van der Waals surface area contributed by atoms with Crippen molar-refractivity contribution in [3.05, 3.63) is 104 Å². The fraction of sp³-hybridized carbons (Fsp3) is 0.207. The number of hydrogen-bond donors (Lipinski definition) is 1. The van der Waals surface area contributed by atoms with E-state index < -0.39 is 17.1 Å². The standard InChI is InChI=1S/C29H24N2O5S2/c1-16-8-11-19(12-9-16)31-27(32)23-22(24-26(30-29(34)38-24)37-25(23)28(31)33)18-10-13-20(21(14-18)35-2)36-15-17-6-4-3-5-7-17/h3-14,22-23,25H,15H2,1-2H3,(H,30,34)/t22-,23-,25+/m0/s1. The molecule has 2 amide bonds. The van der Waals surface area contributed by atoms with Crippen LogP contribution in [0.4, 0.5) is 5.69 Å². The van der Waals surface area contributed by atoms with Crippen molar-refractivity contribution in [1.29, 1.82) is 0 Å². The number of anilines is 1. The second-order valence-electron chi connectivity index (χ2n) is 9.28. The zero-order chi connectivity index (χ0) is 26.4. The number of amides is 2. The molecular formula is C29H24N2O5S2. The molecule has 0 saturated carbocycles. The number of benzene rings is 3. The number of methoxy groups -OCH3 is 1. The summed E-state index contributed by atoms with van der Waals surface area (Å²) in [6, 6.07) is 22.7. The van der Waals surface area contributed by atoms with Gasteiger partial charge in [0.05, 0.1) is 23.7 Å². The molecule has 9 heteroatoms. The molecule has 192 valence electrons. The van der Waals surface area contributed by atoms with Crippen LogP contribution in [0.25, 0.3) is 0 Å². The van der Waals surface area contributed by atoms with Crippen molar-refractivity contribution in [3.8, 4) is 11.5 Å². The molecule has 3 heterocycles. The number of aromatic nitrogens is 1. The summed E-state index contributed by atoms with van der Waals surface area (Å²) in [4.78, 5) is 44.5. The van der Waals surface area contributed by atoms with Crippen molar-refractivity contribution >= 4 is 40.6 Å². The van der Waals surface area contributed by atoms with E-state index in [1.807, 2.05) is 67.6 Å². The SMILES string of the molecule is COc1cc([C@@H]2c3sc(=O)[nH]c3S[C@H]3C(=O)N(c4ccc(C)cc4)C(=O)[C@@H]23)ccc1OCc1ccccc1. The predicted molar refractivity (Wildman–Crippen MR) is 147 cm³/mol. The predicted octanol–water partition coefficient (Wildman–Crippen LogP) is 5.13. The van der Waals surface area contributed by atoms with Crippen molar-refractivity contribution in [3.63, 3.8) is 0 Å². The van der Waals surface area contributed by atoms with Gasteiger partial charge in [0.15, 0.2) is 11.5 Å². The number of carbonyl (C=O) groups is 2. The van der Waals surface area contributed by atoms with Gasteiger partial charge in [-0.1, -0.05) is 77.2 Å². The van der Waals surface area contributed by atoms with Crippen LogP contribution in [0.15, 0.2) is 82.6 Å². The highest BCUT2D eigenvalue weighted by Gasteiger charge is 2.56. The van der Waals surface area contributed by atoms with Crippen LogP contribution in [0.3, 0.4) is 0 Å². The zero-order valence-electron chi connectivity index (χ0n) is 20.7. The molecule has 3 aromatic carbocycles. The van der Waals surface area contributed by atoms with Crippen molar-refractivity contribution < 1.29 is 19.1 Å². The summed E-state index contributed by atoms with van der Waals surface area (Å²) in [6.07, 6.45) is 0. The van der Waals surface area contributed by atoms with Gasteiger partial charge >= 0.3 is 4.87 Å². The average molecular weight is 545 g/mol. The molecule has 6 rings (SSSR count). The Hall–Kier alpha value is -3.82. The Morgan fingerprint density at radius 3 is 2.42 bits per heavy atom. The number of H-pyrrole nitrogens is 1. The van der Waals surface area contributed by atoms with Gasteiger partial charge in [0.2, 0.25) is 11.8 Å². The third kappa shape index (κ3) is 4.21. The highest BCUT2D eigenvalue weighted by molar-refractivity contribution is 8.00. The van der Waals surface area contributed by atoms with E-state index in [0.29, 0.717) is 28.8 Å². The molecule has 38 heavy (non-hydrogen) atoms. The number of rotatable bonds is 6. The number of thiazole rings is 1. The molecule has 0 aliphatic carbocycles. The maximum absolute atomic E-state index is 13.9. The normalized spacial score (nSPS) is 20.3. The molecular weight excluding hydrogens is 520 g/mol. The van der Waals surface area contributed by atoms with Gasteiger partial charge in [-0.05, 0) is 42.3 Å². The van der Waals surface area contributed by atoms with Gasteiger partial charge in [-0.25, -0.2) is 4.90 Å². The number of fused-ring (bicyclic) bond motifs is 2. The highest BCUT2D eigenvalue weighted by atomic mass is 32.2. The molecule has 2 aliphatic heterocycles. The first-order chi connectivity index (χ1) is 18.4. The monoisotopic (exact) mass is 544 g/mol. The lowest BCUT2D eigenvalue weighted by molar-refractivity contribution is -0.122. The number of thioether (sulfide) groups is 1. The molecule has 1 N–H and O–H groups in total. The van der Waals surface area contributed by atoms with Crippen molar-refractivity contribution in [2.75, 3.05) is 12.0 Å². The number of aromatic amines is 1. The fourth-order valence-electron chi connectivity index (χ4n) is 5.06. The number of carbonyl (C=O) groups excluding carboxylic acids is 2. The minimum atomic E-state index is -0.659. The number of hydrogen-bond acceptors (Lipinski definition) is 7. The molecule has 1 aromatic heterocycles. The largest absolute Gasteiger partial charge is 0.493 e. The number of imide groups is 1. The fourth-order valence-corrected chi connectivity index (χ4v) is 7.57. The minimum Gasteiger partial charge on any atom is -0.493 e. The lowest BCUT2D eigenvalue weighted by atomic mass is 9.83. The Morgan fingerprint density at radius 2 is 1.68 bits per heavy atom. The lowest BCUT2D eigenvalue weighted by Gasteiger charge is -2.30. The summed E-state index contributed by atoms with van der Waals surface area (Å²) >= 11 is 2.35. The van der Waals surface area contributed by atoms with E-state index in [9.17, 15) is 14.4 Å². The van der Waals surface area contributed by atoms with E-state index in [2.05, 4.69) is 4.98 Å². The van der Waals surface area contributed by atoms with Crippen LogP contribution in [0.1, 0.15) is 27.5 Å². The van der Waals surface area contributed by atoms with Crippen LogP contribution >= 0.6 is 23.1 Å². The molecule has 0 spiro atoms. The summed E-state index contributed by atoms with van der Waals surface area (Å²) in [5.74, 6) is -0.593. The second-order valence-corrected chi connectivity index (χ2v) is 11.4. The molecule has 2 aliphatic rings. The molecule has 0 unspecified atom stereocenters. The molecule has 1 fully saturated rings. The number of ether oxygens (including phenoxy) is 2. The van der Waals surface area contributed by atoms with Gasteiger partial charge in [0, 0.05) is 10.8 Å². The van der Waals surface area contributed by atoms with Crippen LogP contribution in [-0.2, 0) is 16.2 Å². The Bertz CT molecular complexity index is 1580. The van der Waals surface area contributed by atoms with Crippen LogP contribution in [0, 0.1) is 12.8 Å². The first-order valence-electron chi connectivity index (χ1n) is 12.1. The minimum absolute atomic E-state index is 0.211. The van der Waals surface area contributed by atoms with Crippen molar-refractivity contribution in [1.82, 2.24) is 4.98 Å². The third-order valence-corrected chi connectivity index (χ3v) is 9.30. The quantitative estimate of drug-likeness (QED) is 0.339. The first kappa shape index (κ1) is 24.5. The van der Waals surface area contributed by atoms with Gasteiger partial charge in [0.1, 0.15) is 11.9 Å². The average Bonchev–Trinajstić information content (AvgIpc) is 3.42. The Balaban J connectivity index is 1.38. The van der Waals surface area contributed by atoms with Crippen LogP contribution in [-0.4, -0.2) is 29.2 Å². The number of nitrogens with one attached hydrogen (secondary N) is 1. The summed E-state index contributed by atoms with van der Waals surface area (Å²) in [5.41, 5.74) is 3.41. The lowest BCUT2D eigenvalue weighted by Crippen LogP contribution is -2.32. The van der Waals surface area contributed by atoms with Gasteiger partial charge in [-0.2, -0.15) is 0 Å². The van der Waals surface area contributed by atoms with E-state index in [0.717, 1.165) is 32.9 Å². The van der Waals surface area contributed by atoms with Crippen molar-refractivity contribution in [2.45, 2.75) is 29.7 Å². The van der Waals surface area contributed by atoms with Gasteiger partial charge in [0.25, 0.3) is 0 Å². The van der Waals surface area contributed by atoms with E-state index in [1.54, 1.807) is 19.2 Å². The number of nitrogens with zero attached hydrogens (tertiary/aromatic N) is 1. The summed E-state index contributed by atoms with van der Waals surface area (Å²) in [7, 11) is 1.57. The molecule has 0 radical (unpaired) electrons. The van der Waals surface area contributed by atoms with Crippen LogP contribution in [0.2, 0.25) is 0 Å². The van der Waals surface area contributed by atoms with Crippen LogP contribution < -0.4 is 19.2 Å². The topological polar surface area (TPSA) is 88.7 Å². The molecule has 7 nitrogen and oxygen atoms in total. The summed E-state index contributed by atoms with van der Waals surface area (Å²) < 4.78 is 11.7. The maximum Gasteiger partial charge on any atom is 0.305 e. The van der Waals surface area contributed by atoms with E-state index in [-0.39, 0.29) is 16.7 Å². The number of aryl methyl sites for hydroxylation is 1. The first-order valence-corrected chi connectivity index (χ1v) is 13.8. The molecule has 4 aromatic rings. The van der Waals surface area contributed by atoms with Gasteiger partial charge < -0.3 is 14.5 Å². The van der Waals surface area contributed by atoms with Gasteiger partial charge in [-0.15, -0.1) is 0 Å². The van der Waals surface area contributed by atoms with E-state index in [4.69, 9.17) is 9.47 Å². The summed E-state index contributed by atoms with van der Waals surface area (Å²) in [6.45, 7) is 2.33. The molecule has 3 atom stereocenters. The Kier molecular flexibility index (Phi) is 6.33. The smallest absolute Gasteiger partial charge is 0.305 e. The van der Waals surface area contributed by atoms with E-state index in [1.165, 1.54) is 16.7 Å². The van der Waals surface area contributed by atoms with Crippen LogP contribution in [0.5, 0.6) is 11.5 Å². The zero-order valence-corrected chi connectivity index (χ0v) is 22.3. The molecule has 1 saturated heterocycles. The van der Waals surface area contributed by atoms with E-state index >= 15 is 0 Å². The molecule has 0 bridgehead atoms. The van der Waals surface area contributed by atoms with Gasteiger partial charge in [-0.3, -0.25) is 14.4 Å². The highest BCUT2D eigenvalue weighted by Crippen LogP contribution is 2.53. The maximum atomic E-state index is 13.9. The second kappa shape index (κ2) is 9.81. The van der Waals surface area contributed by atoms with Crippen molar-refractivity contribution in [2.24, 2.45) is 5.92 Å².